The first-order valence-corrected chi connectivity index (χ1v) is 16.7. The zero-order chi connectivity index (χ0) is 35.0. The van der Waals surface area contributed by atoms with Gasteiger partial charge in [-0.25, -0.2) is 14.5 Å². The number of rotatable bonds is 6. The molecular weight excluding hydrogens is 638 g/mol. The molecule has 1 atom stereocenters. The molecule has 2 aromatic carbocycles. The molecular formula is C36H41N9O5. The van der Waals surface area contributed by atoms with Crippen molar-refractivity contribution in [2.75, 3.05) is 33.4 Å². The third kappa shape index (κ3) is 7.91. The molecule has 260 valence electrons. The van der Waals surface area contributed by atoms with Gasteiger partial charge in [0.1, 0.15) is 18.2 Å². The highest BCUT2D eigenvalue weighted by molar-refractivity contribution is 5.90. The average Bonchev–Trinajstić information content (AvgIpc) is 3.79. The van der Waals surface area contributed by atoms with Crippen molar-refractivity contribution in [1.82, 2.24) is 44.7 Å². The van der Waals surface area contributed by atoms with Crippen LogP contribution in [0.3, 0.4) is 0 Å². The third-order valence-electron chi connectivity index (χ3n) is 8.82. The largest absolute Gasteiger partial charge is 0.493 e. The van der Waals surface area contributed by atoms with Crippen molar-refractivity contribution < 1.29 is 23.9 Å². The van der Waals surface area contributed by atoms with Crippen molar-refractivity contribution in [3.8, 4) is 22.9 Å². The molecule has 3 amide bonds. The Morgan fingerprint density at radius 3 is 2.74 bits per heavy atom. The zero-order valence-corrected chi connectivity index (χ0v) is 28.5. The quantitative estimate of drug-likeness (QED) is 0.275. The Bertz CT molecular complexity index is 1970. The van der Waals surface area contributed by atoms with E-state index in [1.54, 1.807) is 17.8 Å². The summed E-state index contributed by atoms with van der Waals surface area (Å²) in [7, 11) is 1.58. The Balaban J connectivity index is 1.25. The first-order chi connectivity index (χ1) is 24.3. The molecule has 2 N–H and O–H groups in total. The van der Waals surface area contributed by atoms with Gasteiger partial charge < -0.3 is 29.6 Å². The fraction of sp³-hybridized carbons (Fsp3) is 0.361. The van der Waals surface area contributed by atoms with Crippen molar-refractivity contribution >= 4 is 23.5 Å². The monoisotopic (exact) mass is 679 g/mol. The molecule has 6 rings (SSSR count). The van der Waals surface area contributed by atoms with Gasteiger partial charge in [0.15, 0.2) is 11.5 Å². The number of methoxy groups -OCH3 is 1. The van der Waals surface area contributed by atoms with Gasteiger partial charge in [0.05, 0.1) is 20.3 Å². The second kappa shape index (κ2) is 15.6. The van der Waals surface area contributed by atoms with Gasteiger partial charge in [-0.05, 0) is 56.0 Å². The van der Waals surface area contributed by atoms with E-state index in [4.69, 9.17) is 9.47 Å². The van der Waals surface area contributed by atoms with Crippen LogP contribution in [0.4, 0.5) is 0 Å². The maximum Gasteiger partial charge on any atom is 0.252 e. The van der Waals surface area contributed by atoms with Crippen LogP contribution in [0.1, 0.15) is 35.4 Å². The molecule has 0 saturated heterocycles. The van der Waals surface area contributed by atoms with Crippen LogP contribution < -0.4 is 20.1 Å². The summed E-state index contributed by atoms with van der Waals surface area (Å²) in [5.41, 5.74) is 4.26. The number of carbonyl (C=O) groups excluding carboxylic acids is 3. The number of aryl methyl sites for hydroxylation is 2. The van der Waals surface area contributed by atoms with Crippen LogP contribution in [-0.4, -0.2) is 91.1 Å². The number of benzene rings is 2. The Hall–Kier alpha value is -5.79. The second-order valence-electron chi connectivity index (χ2n) is 12.2. The standard InChI is InChI=1S/C36H41N9O5/c1-24-28(25(2)45-36(41-24)39-23-40-45)11-13-33(47)44-16-7-19-50-31-21-27(10-12-30(31)49-3)34-37-14-17-43(34)18-15-38-35(48)29(42-32(46)22-44)20-26-8-5-4-6-9-26/h4-6,8-10,12,14,17,21,23,29H,7,11,13,15-16,18-20,22H2,1-3H3,(H,38,48)(H,42,46)/t29-/m0/s1. The summed E-state index contributed by atoms with van der Waals surface area (Å²) in [5.74, 6) is 1.36. The van der Waals surface area contributed by atoms with Crippen LogP contribution in [0.2, 0.25) is 0 Å². The highest BCUT2D eigenvalue weighted by Gasteiger charge is 2.25. The van der Waals surface area contributed by atoms with E-state index in [-0.39, 0.29) is 37.9 Å². The van der Waals surface area contributed by atoms with Crippen LogP contribution in [0.15, 0.2) is 67.3 Å². The maximum absolute atomic E-state index is 13.8. The predicted octanol–water partition coefficient (Wildman–Crippen LogP) is 2.70. The lowest BCUT2D eigenvalue weighted by Gasteiger charge is -2.25. The SMILES string of the molecule is COc1ccc2cc1OCCCN(C(=O)CCc1c(C)nc3ncnn3c1C)CC(=O)N[C@@H](Cc1ccccc1)C(=O)NCCn1ccnc1-2. The topological polar surface area (TPSA) is 158 Å². The van der Waals surface area contributed by atoms with Gasteiger partial charge in [0.2, 0.25) is 17.7 Å². The minimum absolute atomic E-state index is 0.147. The van der Waals surface area contributed by atoms with Crippen molar-refractivity contribution in [3.63, 3.8) is 0 Å². The number of aromatic nitrogens is 6. The van der Waals surface area contributed by atoms with E-state index in [9.17, 15) is 14.4 Å². The molecule has 3 aromatic heterocycles. The Morgan fingerprint density at radius 1 is 1.08 bits per heavy atom. The van der Waals surface area contributed by atoms with Crippen LogP contribution >= 0.6 is 0 Å². The summed E-state index contributed by atoms with van der Waals surface area (Å²) in [6.45, 7) is 4.88. The van der Waals surface area contributed by atoms with E-state index in [0.717, 1.165) is 28.1 Å². The van der Waals surface area contributed by atoms with Crippen molar-refractivity contribution in [2.24, 2.45) is 0 Å². The summed E-state index contributed by atoms with van der Waals surface area (Å²) in [4.78, 5) is 55.7. The number of amides is 3. The predicted molar refractivity (Wildman–Crippen MR) is 185 cm³/mol. The van der Waals surface area contributed by atoms with E-state index in [0.29, 0.717) is 55.5 Å². The number of hydrogen-bond donors (Lipinski definition) is 2. The van der Waals surface area contributed by atoms with Crippen LogP contribution in [0.25, 0.3) is 17.2 Å². The smallest absolute Gasteiger partial charge is 0.252 e. The summed E-state index contributed by atoms with van der Waals surface area (Å²) < 4.78 is 15.3. The Labute approximate surface area is 289 Å². The number of ether oxygens (including phenoxy) is 2. The zero-order valence-electron chi connectivity index (χ0n) is 28.5. The van der Waals surface area contributed by atoms with Gasteiger partial charge in [-0.1, -0.05) is 30.3 Å². The number of fused-ring (bicyclic) bond motifs is 5. The minimum Gasteiger partial charge on any atom is -0.493 e. The lowest BCUT2D eigenvalue weighted by Crippen LogP contribution is -2.51. The Kier molecular flexibility index (Phi) is 10.6. The molecule has 14 nitrogen and oxygen atoms in total. The van der Waals surface area contributed by atoms with E-state index >= 15 is 0 Å². The van der Waals surface area contributed by atoms with Gasteiger partial charge in [0, 0.05) is 61.8 Å². The van der Waals surface area contributed by atoms with E-state index < -0.39 is 11.9 Å². The molecule has 0 radical (unpaired) electrons. The molecule has 2 bridgehead atoms. The number of carbonyl (C=O) groups is 3. The van der Waals surface area contributed by atoms with Crippen LogP contribution in [-0.2, 0) is 33.8 Å². The highest BCUT2D eigenvalue weighted by atomic mass is 16.5. The number of hydrogen-bond acceptors (Lipinski definition) is 9. The molecule has 1 aliphatic rings. The lowest BCUT2D eigenvalue weighted by atomic mass is 10.0. The minimum atomic E-state index is -0.846. The van der Waals surface area contributed by atoms with Crippen LogP contribution in [0, 0.1) is 13.8 Å². The van der Waals surface area contributed by atoms with Crippen LogP contribution in [0.5, 0.6) is 11.5 Å². The maximum atomic E-state index is 13.8. The first-order valence-electron chi connectivity index (χ1n) is 16.7. The molecule has 1 aliphatic heterocycles. The summed E-state index contributed by atoms with van der Waals surface area (Å²) >= 11 is 0. The van der Waals surface area contributed by atoms with Gasteiger partial charge in [-0.3, -0.25) is 14.4 Å². The van der Waals surface area contributed by atoms with E-state index in [1.807, 2.05) is 73.1 Å². The summed E-state index contributed by atoms with van der Waals surface area (Å²) in [6, 6.07) is 14.3. The van der Waals surface area contributed by atoms with Gasteiger partial charge in [0.25, 0.3) is 5.78 Å². The second-order valence-corrected chi connectivity index (χ2v) is 12.2. The molecule has 5 aromatic rings. The number of nitrogens with one attached hydrogen (secondary N) is 2. The fourth-order valence-corrected chi connectivity index (χ4v) is 6.21. The molecule has 50 heavy (non-hydrogen) atoms. The van der Waals surface area contributed by atoms with Gasteiger partial charge in [-0.2, -0.15) is 10.1 Å². The third-order valence-corrected chi connectivity index (χ3v) is 8.82. The number of nitrogens with zero attached hydrogens (tertiary/aromatic N) is 7. The summed E-state index contributed by atoms with van der Waals surface area (Å²) in [6.07, 6.45) is 6.30. The normalized spacial score (nSPS) is 16.1. The fourth-order valence-electron chi connectivity index (χ4n) is 6.21. The molecule has 0 unspecified atom stereocenters. The first kappa shape index (κ1) is 34.1. The van der Waals surface area contributed by atoms with E-state index in [2.05, 4.69) is 30.7 Å². The molecule has 0 aliphatic carbocycles. The Morgan fingerprint density at radius 2 is 1.92 bits per heavy atom. The van der Waals surface area contributed by atoms with E-state index in [1.165, 1.54) is 11.2 Å². The average molecular weight is 680 g/mol. The van der Waals surface area contributed by atoms with Crippen molar-refractivity contribution in [3.05, 3.63) is 89.8 Å². The number of imidazole rings is 1. The lowest BCUT2D eigenvalue weighted by molar-refractivity contribution is -0.137. The highest BCUT2D eigenvalue weighted by Crippen LogP contribution is 2.32. The van der Waals surface area contributed by atoms with Gasteiger partial charge >= 0.3 is 0 Å². The molecule has 4 heterocycles. The molecule has 0 saturated carbocycles. The summed E-state index contributed by atoms with van der Waals surface area (Å²) in [5, 5.41) is 10.1. The molecule has 14 heteroatoms. The van der Waals surface area contributed by atoms with Crippen molar-refractivity contribution in [2.45, 2.75) is 52.1 Å². The molecule has 0 spiro atoms. The molecule has 0 fully saturated rings. The van der Waals surface area contributed by atoms with Gasteiger partial charge in [-0.15, -0.1) is 0 Å². The van der Waals surface area contributed by atoms with Crippen molar-refractivity contribution in [1.29, 1.82) is 0 Å².